The molecule has 2 unspecified atom stereocenters. The van der Waals surface area contributed by atoms with Gasteiger partial charge in [-0.25, -0.2) is 4.98 Å². The lowest BCUT2D eigenvalue weighted by Crippen LogP contribution is -2.36. The first-order valence-corrected chi connectivity index (χ1v) is 7.13. The quantitative estimate of drug-likeness (QED) is 0.768. The maximum absolute atomic E-state index is 12.0. The standard InChI is InChI=1S/C14H21N3O3/c18-13(11-3-1-4-12(9-11)14(19)20)16-5-2-7-17-8-6-15-10-17/h6,8,10-12H,1-5,7,9H2,(H,16,18)(H,19,20). The molecule has 0 bridgehead atoms. The number of rotatable bonds is 6. The van der Waals surface area contributed by atoms with Crippen molar-refractivity contribution in [3.63, 3.8) is 0 Å². The average Bonchev–Trinajstić information content (AvgIpc) is 2.96. The normalized spacial score (nSPS) is 22.4. The van der Waals surface area contributed by atoms with Crippen LogP contribution in [0.25, 0.3) is 0 Å². The van der Waals surface area contributed by atoms with E-state index >= 15 is 0 Å². The molecule has 2 atom stereocenters. The highest BCUT2D eigenvalue weighted by atomic mass is 16.4. The van der Waals surface area contributed by atoms with E-state index in [1.807, 2.05) is 10.8 Å². The van der Waals surface area contributed by atoms with Crippen LogP contribution in [-0.4, -0.2) is 33.1 Å². The first-order valence-electron chi connectivity index (χ1n) is 7.13. The molecule has 1 aromatic rings. The van der Waals surface area contributed by atoms with Crippen molar-refractivity contribution in [1.29, 1.82) is 0 Å². The lowest BCUT2D eigenvalue weighted by molar-refractivity contribution is -0.144. The molecule has 6 nitrogen and oxygen atoms in total. The van der Waals surface area contributed by atoms with Crippen LogP contribution in [-0.2, 0) is 16.1 Å². The van der Waals surface area contributed by atoms with E-state index in [9.17, 15) is 9.59 Å². The predicted octanol–water partition coefficient (Wildman–Crippen LogP) is 1.28. The van der Waals surface area contributed by atoms with E-state index in [0.717, 1.165) is 25.8 Å². The Morgan fingerprint density at radius 3 is 2.85 bits per heavy atom. The third kappa shape index (κ3) is 4.08. The van der Waals surface area contributed by atoms with E-state index < -0.39 is 5.97 Å². The van der Waals surface area contributed by atoms with Crippen LogP contribution in [0.4, 0.5) is 0 Å². The molecule has 1 aliphatic carbocycles. The number of aryl methyl sites for hydroxylation is 1. The Morgan fingerprint density at radius 1 is 1.35 bits per heavy atom. The summed E-state index contributed by atoms with van der Waals surface area (Å²) in [7, 11) is 0. The summed E-state index contributed by atoms with van der Waals surface area (Å²) in [5.41, 5.74) is 0. The molecule has 6 heteroatoms. The largest absolute Gasteiger partial charge is 0.481 e. The van der Waals surface area contributed by atoms with Gasteiger partial charge in [0.2, 0.25) is 5.91 Å². The summed E-state index contributed by atoms with van der Waals surface area (Å²) in [5, 5.41) is 11.9. The Kier molecular flexibility index (Phi) is 5.15. The zero-order valence-corrected chi connectivity index (χ0v) is 11.5. The summed E-state index contributed by atoms with van der Waals surface area (Å²) >= 11 is 0. The van der Waals surface area contributed by atoms with Gasteiger partial charge in [-0.1, -0.05) is 6.42 Å². The lowest BCUT2D eigenvalue weighted by Gasteiger charge is -2.25. The van der Waals surface area contributed by atoms with Crippen molar-refractivity contribution in [3.05, 3.63) is 18.7 Å². The Balaban J connectivity index is 1.67. The number of hydrogen-bond donors (Lipinski definition) is 2. The maximum Gasteiger partial charge on any atom is 0.306 e. The highest BCUT2D eigenvalue weighted by molar-refractivity contribution is 5.80. The van der Waals surface area contributed by atoms with Gasteiger partial charge in [-0.3, -0.25) is 9.59 Å². The monoisotopic (exact) mass is 279 g/mol. The minimum absolute atomic E-state index is 0.00146. The molecule has 1 heterocycles. The number of carboxylic acid groups (broad SMARTS) is 1. The first kappa shape index (κ1) is 14.6. The molecule has 0 aromatic carbocycles. The van der Waals surface area contributed by atoms with Gasteiger partial charge in [0.05, 0.1) is 12.2 Å². The van der Waals surface area contributed by atoms with Crippen LogP contribution >= 0.6 is 0 Å². The minimum Gasteiger partial charge on any atom is -0.481 e. The second-order valence-electron chi connectivity index (χ2n) is 5.34. The molecular weight excluding hydrogens is 258 g/mol. The van der Waals surface area contributed by atoms with E-state index in [1.165, 1.54) is 0 Å². The van der Waals surface area contributed by atoms with Crippen LogP contribution < -0.4 is 5.32 Å². The van der Waals surface area contributed by atoms with Crippen LogP contribution in [0, 0.1) is 11.8 Å². The lowest BCUT2D eigenvalue weighted by atomic mass is 9.81. The van der Waals surface area contributed by atoms with E-state index in [-0.39, 0.29) is 17.7 Å². The Labute approximate surface area is 118 Å². The Hall–Kier alpha value is -1.85. The van der Waals surface area contributed by atoms with Crippen molar-refractivity contribution >= 4 is 11.9 Å². The van der Waals surface area contributed by atoms with Gasteiger partial charge in [-0.15, -0.1) is 0 Å². The van der Waals surface area contributed by atoms with Gasteiger partial charge in [-0.2, -0.15) is 0 Å². The molecule has 110 valence electrons. The number of carbonyl (C=O) groups is 2. The van der Waals surface area contributed by atoms with E-state index in [4.69, 9.17) is 5.11 Å². The smallest absolute Gasteiger partial charge is 0.306 e. The van der Waals surface area contributed by atoms with Crippen LogP contribution in [0.5, 0.6) is 0 Å². The minimum atomic E-state index is -0.775. The number of imidazole rings is 1. The highest BCUT2D eigenvalue weighted by Gasteiger charge is 2.30. The molecule has 0 aliphatic heterocycles. The van der Waals surface area contributed by atoms with Crippen molar-refractivity contribution < 1.29 is 14.7 Å². The third-order valence-electron chi connectivity index (χ3n) is 3.85. The van der Waals surface area contributed by atoms with Gasteiger partial charge in [0.25, 0.3) is 0 Å². The average molecular weight is 279 g/mol. The number of hydrogen-bond acceptors (Lipinski definition) is 3. The first-order chi connectivity index (χ1) is 9.66. The summed E-state index contributed by atoms with van der Waals surface area (Å²) in [6.07, 6.45) is 9.01. The van der Waals surface area contributed by atoms with Crippen LogP contribution in [0.3, 0.4) is 0 Å². The molecule has 1 fully saturated rings. The molecule has 2 rings (SSSR count). The van der Waals surface area contributed by atoms with Crippen molar-refractivity contribution in [1.82, 2.24) is 14.9 Å². The van der Waals surface area contributed by atoms with E-state index in [0.29, 0.717) is 19.4 Å². The summed E-state index contributed by atoms with van der Waals surface area (Å²) in [6.45, 7) is 1.44. The van der Waals surface area contributed by atoms with Crippen molar-refractivity contribution in [2.75, 3.05) is 6.54 Å². The summed E-state index contributed by atoms with van der Waals surface area (Å²) in [5.74, 6) is -1.27. The third-order valence-corrected chi connectivity index (χ3v) is 3.85. The van der Waals surface area contributed by atoms with Crippen molar-refractivity contribution in [2.45, 2.75) is 38.6 Å². The van der Waals surface area contributed by atoms with Crippen LogP contribution in [0.1, 0.15) is 32.1 Å². The van der Waals surface area contributed by atoms with Gasteiger partial charge in [0, 0.05) is 31.4 Å². The molecule has 2 N–H and O–H groups in total. The van der Waals surface area contributed by atoms with E-state index in [2.05, 4.69) is 10.3 Å². The van der Waals surface area contributed by atoms with Crippen molar-refractivity contribution in [2.24, 2.45) is 11.8 Å². The Bertz CT molecular complexity index is 445. The molecule has 20 heavy (non-hydrogen) atoms. The molecule has 0 saturated heterocycles. The molecule has 1 aliphatic rings. The SMILES string of the molecule is O=C(O)C1CCCC(C(=O)NCCCn2ccnc2)C1. The molecule has 1 aromatic heterocycles. The second-order valence-corrected chi connectivity index (χ2v) is 5.34. The fourth-order valence-corrected chi connectivity index (χ4v) is 2.69. The van der Waals surface area contributed by atoms with E-state index in [1.54, 1.807) is 12.5 Å². The summed E-state index contributed by atoms with van der Waals surface area (Å²) in [4.78, 5) is 26.9. The van der Waals surface area contributed by atoms with Gasteiger partial charge >= 0.3 is 5.97 Å². The van der Waals surface area contributed by atoms with Gasteiger partial charge < -0.3 is 15.0 Å². The number of nitrogens with zero attached hydrogens (tertiary/aromatic N) is 2. The Morgan fingerprint density at radius 2 is 2.15 bits per heavy atom. The van der Waals surface area contributed by atoms with Gasteiger partial charge in [0.1, 0.15) is 0 Å². The second kappa shape index (κ2) is 7.07. The number of nitrogens with one attached hydrogen (secondary N) is 1. The molecule has 0 radical (unpaired) electrons. The molecule has 1 saturated carbocycles. The van der Waals surface area contributed by atoms with Crippen LogP contribution in [0.2, 0.25) is 0 Å². The fourth-order valence-electron chi connectivity index (χ4n) is 2.69. The highest BCUT2D eigenvalue weighted by Crippen LogP contribution is 2.29. The molecular formula is C14H21N3O3. The molecule has 1 amide bonds. The van der Waals surface area contributed by atoms with Crippen LogP contribution in [0.15, 0.2) is 18.7 Å². The topological polar surface area (TPSA) is 84.2 Å². The number of amides is 1. The molecule has 0 spiro atoms. The van der Waals surface area contributed by atoms with Gasteiger partial charge in [-0.05, 0) is 25.7 Å². The van der Waals surface area contributed by atoms with Gasteiger partial charge in [0.15, 0.2) is 0 Å². The summed E-state index contributed by atoms with van der Waals surface area (Å²) < 4.78 is 1.97. The fraction of sp³-hybridized carbons (Fsp3) is 0.643. The number of carboxylic acids is 1. The number of aliphatic carboxylic acids is 1. The number of carbonyl (C=O) groups excluding carboxylic acids is 1. The summed E-state index contributed by atoms with van der Waals surface area (Å²) in [6, 6.07) is 0. The zero-order valence-electron chi connectivity index (χ0n) is 11.5. The zero-order chi connectivity index (χ0) is 14.4. The van der Waals surface area contributed by atoms with Crippen molar-refractivity contribution in [3.8, 4) is 0 Å². The maximum atomic E-state index is 12.0. The number of aromatic nitrogens is 2. The predicted molar refractivity (Wildman–Crippen MR) is 72.9 cm³/mol.